The Hall–Kier alpha value is -3.58. The quantitative estimate of drug-likeness (QED) is 0.145. The van der Waals surface area contributed by atoms with Gasteiger partial charge in [0, 0.05) is 25.8 Å². The monoisotopic (exact) mass is 479 g/mol. The lowest BCUT2D eigenvalue weighted by Gasteiger charge is -2.25. The van der Waals surface area contributed by atoms with Gasteiger partial charge in [-0.2, -0.15) is 0 Å². The number of carbonyl (C=O) groups excluding carboxylic acids is 2. The molecule has 7 nitrogen and oxygen atoms in total. The normalized spacial score (nSPS) is 17.0. The molecule has 1 fully saturated rings. The molecular formula is C28H33NO6. The van der Waals surface area contributed by atoms with Crippen molar-refractivity contribution < 1.29 is 28.9 Å². The van der Waals surface area contributed by atoms with Crippen LogP contribution in [0.3, 0.4) is 0 Å². The molecule has 3 rings (SSSR count). The molecule has 1 saturated heterocycles. The first-order valence-electron chi connectivity index (χ1n) is 11.9. The number of carbonyl (C=O) groups is 2. The van der Waals surface area contributed by atoms with Crippen LogP contribution in [0, 0.1) is 0 Å². The van der Waals surface area contributed by atoms with Crippen molar-refractivity contribution in [2.45, 2.75) is 32.2 Å². The van der Waals surface area contributed by atoms with E-state index in [1.165, 1.54) is 4.90 Å². The summed E-state index contributed by atoms with van der Waals surface area (Å²) in [6, 6.07) is 13.4. The van der Waals surface area contributed by atoms with Gasteiger partial charge in [-0.3, -0.25) is 9.59 Å². The van der Waals surface area contributed by atoms with Crippen LogP contribution in [-0.4, -0.2) is 55.2 Å². The molecule has 1 amide bonds. The molecule has 0 spiro atoms. The first-order valence-corrected chi connectivity index (χ1v) is 11.9. The van der Waals surface area contributed by atoms with Crippen LogP contribution in [-0.2, 0) is 14.3 Å². The van der Waals surface area contributed by atoms with E-state index >= 15 is 0 Å². The third-order valence-corrected chi connectivity index (χ3v) is 5.73. The summed E-state index contributed by atoms with van der Waals surface area (Å²) in [6.45, 7) is 7.41. The van der Waals surface area contributed by atoms with Gasteiger partial charge in [-0.05, 0) is 42.7 Å². The van der Waals surface area contributed by atoms with Crippen molar-refractivity contribution >= 4 is 17.4 Å². The SMILES string of the molecule is C=CCOc1ccc(C2C(=C(O)c3cccc(OCCCC)c3)C(=O)C(=O)N2CCCOC)cc1. The van der Waals surface area contributed by atoms with E-state index in [0.717, 1.165) is 12.8 Å². The molecule has 1 aliphatic rings. The summed E-state index contributed by atoms with van der Waals surface area (Å²) in [5.41, 5.74) is 1.17. The largest absolute Gasteiger partial charge is 0.507 e. The van der Waals surface area contributed by atoms with Crippen molar-refractivity contribution in [1.29, 1.82) is 0 Å². The van der Waals surface area contributed by atoms with Gasteiger partial charge < -0.3 is 24.2 Å². The molecule has 1 atom stereocenters. The second kappa shape index (κ2) is 12.8. The molecule has 1 unspecified atom stereocenters. The number of hydrogen-bond acceptors (Lipinski definition) is 6. The van der Waals surface area contributed by atoms with E-state index in [2.05, 4.69) is 13.5 Å². The number of amides is 1. The number of benzene rings is 2. The second-order valence-corrected chi connectivity index (χ2v) is 8.24. The number of ether oxygens (including phenoxy) is 3. The smallest absolute Gasteiger partial charge is 0.295 e. The molecule has 35 heavy (non-hydrogen) atoms. The fraction of sp³-hybridized carbons (Fsp3) is 0.357. The van der Waals surface area contributed by atoms with Gasteiger partial charge >= 0.3 is 0 Å². The summed E-state index contributed by atoms with van der Waals surface area (Å²) in [6.07, 6.45) is 4.12. The molecule has 0 aromatic heterocycles. The predicted octanol–water partition coefficient (Wildman–Crippen LogP) is 4.89. The zero-order chi connectivity index (χ0) is 25.2. The number of hydrogen-bond donors (Lipinski definition) is 1. The standard InChI is InChI=1S/C28H33NO6/c1-4-6-18-35-23-10-7-9-21(19-23)26(30)24-25(20-11-13-22(14-12-20)34-16-5-2)29(15-8-17-33-3)28(32)27(24)31/h5,7,9-14,19,25,30H,2,4,6,8,15-18H2,1,3H3. The molecule has 0 radical (unpaired) electrons. The van der Waals surface area contributed by atoms with Crippen molar-refractivity contribution in [3.63, 3.8) is 0 Å². The fourth-order valence-corrected chi connectivity index (χ4v) is 3.96. The highest BCUT2D eigenvalue weighted by Crippen LogP contribution is 2.40. The zero-order valence-corrected chi connectivity index (χ0v) is 20.4. The van der Waals surface area contributed by atoms with Crippen LogP contribution in [0.4, 0.5) is 0 Å². The van der Waals surface area contributed by atoms with E-state index in [0.29, 0.717) is 55.4 Å². The molecule has 0 saturated carbocycles. The average Bonchev–Trinajstić information content (AvgIpc) is 3.13. The maximum absolute atomic E-state index is 13.1. The molecule has 1 aliphatic heterocycles. The van der Waals surface area contributed by atoms with Crippen LogP contribution >= 0.6 is 0 Å². The Morgan fingerprint density at radius 2 is 1.83 bits per heavy atom. The predicted molar refractivity (Wildman–Crippen MR) is 134 cm³/mol. The number of Topliss-reactive ketones (excluding diaryl/α,β-unsaturated/α-hetero) is 1. The van der Waals surface area contributed by atoms with Crippen molar-refractivity contribution in [2.75, 3.05) is 33.5 Å². The summed E-state index contributed by atoms with van der Waals surface area (Å²) < 4.78 is 16.5. The van der Waals surface area contributed by atoms with E-state index in [9.17, 15) is 14.7 Å². The Balaban J connectivity index is 2.01. The Bertz CT molecular complexity index is 1060. The topological polar surface area (TPSA) is 85.3 Å². The van der Waals surface area contributed by atoms with Crippen molar-refractivity contribution in [2.24, 2.45) is 0 Å². The van der Waals surface area contributed by atoms with Gasteiger partial charge in [-0.1, -0.05) is 50.3 Å². The van der Waals surface area contributed by atoms with E-state index in [-0.39, 0.29) is 11.3 Å². The maximum atomic E-state index is 13.1. The highest BCUT2D eigenvalue weighted by atomic mass is 16.5. The summed E-state index contributed by atoms with van der Waals surface area (Å²) in [5.74, 6) is -0.348. The minimum atomic E-state index is -0.732. The Morgan fingerprint density at radius 3 is 2.51 bits per heavy atom. The van der Waals surface area contributed by atoms with Gasteiger partial charge in [0.2, 0.25) is 0 Å². The highest BCUT2D eigenvalue weighted by molar-refractivity contribution is 6.46. The van der Waals surface area contributed by atoms with Gasteiger partial charge in [-0.15, -0.1) is 0 Å². The zero-order valence-electron chi connectivity index (χ0n) is 20.4. The van der Waals surface area contributed by atoms with Gasteiger partial charge in [0.1, 0.15) is 23.9 Å². The first kappa shape index (κ1) is 26.0. The number of aliphatic hydroxyl groups is 1. The minimum Gasteiger partial charge on any atom is -0.507 e. The fourth-order valence-electron chi connectivity index (χ4n) is 3.96. The molecule has 186 valence electrons. The van der Waals surface area contributed by atoms with Gasteiger partial charge in [0.15, 0.2) is 0 Å². The maximum Gasteiger partial charge on any atom is 0.295 e. The molecule has 1 N–H and O–H groups in total. The van der Waals surface area contributed by atoms with Crippen molar-refractivity contribution in [1.82, 2.24) is 4.90 Å². The van der Waals surface area contributed by atoms with Crippen LogP contribution in [0.25, 0.3) is 5.76 Å². The van der Waals surface area contributed by atoms with Crippen LogP contribution in [0.1, 0.15) is 43.4 Å². The highest BCUT2D eigenvalue weighted by Gasteiger charge is 2.45. The van der Waals surface area contributed by atoms with Crippen LogP contribution in [0.15, 0.2) is 66.8 Å². The number of methoxy groups -OCH3 is 1. The number of rotatable bonds is 13. The van der Waals surface area contributed by atoms with Crippen molar-refractivity contribution in [3.8, 4) is 11.5 Å². The number of unbranched alkanes of at least 4 members (excludes halogenated alkanes) is 1. The van der Waals surface area contributed by atoms with Crippen molar-refractivity contribution in [3.05, 3.63) is 77.9 Å². The van der Waals surface area contributed by atoms with Crippen LogP contribution < -0.4 is 9.47 Å². The summed E-state index contributed by atoms with van der Waals surface area (Å²) >= 11 is 0. The summed E-state index contributed by atoms with van der Waals surface area (Å²) in [5, 5.41) is 11.3. The molecule has 0 bridgehead atoms. The summed E-state index contributed by atoms with van der Waals surface area (Å²) in [7, 11) is 1.59. The van der Waals surface area contributed by atoms with Crippen LogP contribution in [0.5, 0.6) is 11.5 Å². The molecule has 1 heterocycles. The lowest BCUT2D eigenvalue weighted by molar-refractivity contribution is -0.140. The van der Waals surface area contributed by atoms with Crippen LogP contribution in [0.2, 0.25) is 0 Å². The molecule has 0 aliphatic carbocycles. The Labute approximate surface area is 206 Å². The van der Waals surface area contributed by atoms with E-state index in [1.807, 2.05) is 0 Å². The number of aliphatic hydroxyl groups excluding tert-OH is 1. The minimum absolute atomic E-state index is 0.0536. The summed E-state index contributed by atoms with van der Waals surface area (Å²) in [4.78, 5) is 27.6. The third kappa shape index (κ3) is 6.31. The number of likely N-dealkylation sites (tertiary alicyclic amines) is 1. The number of ketones is 1. The number of nitrogens with zero attached hydrogens (tertiary/aromatic N) is 1. The Kier molecular flexibility index (Phi) is 9.49. The van der Waals surface area contributed by atoms with Gasteiger partial charge in [0.25, 0.3) is 11.7 Å². The van der Waals surface area contributed by atoms with E-state index in [4.69, 9.17) is 14.2 Å². The molecule has 7 heteroatoms. The van der Waals surface area contributed by atoms with Gasteiger partial charge in [-0.25, -0.2) is 0 Å². The lowest BCUT2D eigenvalue weighted by Crippen LogP contribution is -2.31. The first-order chi connectivity index (χ1) is 17.0. The molecule has 2 aromatic carbocycles. The van der Waals surface area contributed by atoms with E-state index in [1.54, 1.807) is 61.7 Å². The Morgan fingerprint density at radius 1 is 1.06 bits per heavy atom. The molecule has 2 aromatic rings. The van der Waals surface area contributed by atoms with E-state index < -0.39 is 17.7 Å². The third-order valence-electron chi connectivity index (χ3n) is 5.73. The van der Waals surface area contributed by atoms with Gasteiger partial charge in [0.05, 0.1) is 18.2 Å². The second-order valence-electron chi connectivity index (χ2n) is 8.24. The average molecular weight is 480 g/mol. The molecular weight excluding hydrogens is 446 g/mol. The lowest BCUT2D eigenvalue weighted by atomic mass is 9.95.